The zero-order valence-electron chi connectivity index (χ0n) is 5.65. The lowest BCUT2D eigenvalue weighted by atomic mass is 9.71. The fourth-order valence-corrected chi connectivity index (χ4v) is 1.10. The summed E-state index contributed by atoms with van der Waals surface area (Å²) >= 11 is 0. The molecule has 0 atom stereocenters. The zero-order valence-corrected chi connectivity index (χ0v) is 5.65. The Morgan fingerprint density at radius 2 is 1.73 bits per heavy atom. The number of aliphatic carboxylic acids is 2. The van der Waals surface area contributed by atoms with Crippen molar-refractivity contribution in [3.8, 4) is 0 Å². The molecule has 0 spiro atoms. The van der Waals surface area contributed by atoms with Gasteiger partial charge >= 0.3 is 11.9 Å². The lowest BCUT2D eigenvalue weighted by Crippen LogP contribution is -2.52. The molecule has 1 aliphatic rings. The Hall–Kier alpha value is -1.10. The molecule has 1 fully saturated rings. The summed E-state index contributed by atoms with van der Waals surface area (Å²) in [5.41, 5.74) is -1.79. The van der Waals surface area contributed by atoms with E-state index in [2.05, 4.69) is 0 Å². The van der Waals surface area contributed by atoms with Crippen molar-refractivity contribution in [3.63, 3.8) is 0 Å². The number of rotatable bonds is 2. The predicted octanol–water partition coefficient (Wildman–Crippen LogP) is -0.703. The van der Waals surface area contributed by atoms with E-state index in [1.54, 1.807) is 0 Å². The van der Waals surface area contributed by atoms with Crippen LogP contribution >= 0.6 is 0 Å². The minimum Gasteiger partial charge on any atom is -0.481 e. The lowest BCUT2D eigenvalue weighted by Gasteiger charge is -2.37. The Bertz CT molecular complexity index is 203. The van der Waals surface area contributed by atoms with Crippen molar-refractivity contribution in [2.24, 2.45) is 5.92 Å². The highest BCUT2D eigenvalue weighted by atomic mass is 16.4. The Kier molecular flexibility index (Phi) is 1.60. The minimum absolute atomic E-state index is 0.183. The molecule has 0 aromatic carbocycles. The van der Waals surface area contributed by atoms with E-state index in [1.165, 1.54) is 0 Å². The van der Waals surface area contributed by atoms with Crippen molar-refractivity contribution in [3.05, 3.63) is 0 Å². The van der Waals surface area contributed by atoms with E-state index in [0.29, 0.717) is 0 Å². The summed E-state index contributed by atoms with van der Waals surface area (Å²) in [6.07, 6.45) is -0.366. The number of carbonyl (C=O) groups is 2. The van der Waals surface area contributed by atoms with Gasteiger partial charge in [0.2, 0.25) is 0 Å². The standard InChI is InChI=1S/C6H8O5/c7-4(8)3-1-6(11,2-3)5(9)10/h3,11H,1-2H2,(H,7,8)(H,9,10). The second kappa shape index (κ2) is 2.20. The average Bonchev–Trinajstić information content (AvgIpc) is 1.79. The number of hydrogen-bond donors (Lipinski definition) is 3. The van der Waals surface area contributed by atoms with Gasteiger partial charge in [0.15, 0.2) is 5.60 Å². The Morgan fingerprint density at radius 3 is 2.00 bits per heavy atom. The van der Waals surface area contributed by atoms with Crippen LogP contribution in [-0.2, 0) is 9.59 Å². The molecule has 0 saturated heterocycles. The molecule has 5 nitrogen and oxygen atoms in total. The Balaban J connectivity index is 2.50. The fourth-order valence-electron chi connectivity index (χ4n) is 1.10. The van der Waals surface area contributed by atoms with Crippen LogP contribution in [0.15, 0.2) is 0 Å². The average molecular weight is 160 g/mol. The molecule has 62 valence electrons. The predicted molar refractivity (Wildman–Crippen MR) is 32.9 cm³/mol. The minimum atomic E-state index is -1.79. The normalized spacial score (nSPS) is 35.9. The van der Waals surface area contributed by atoms with Crippen LogP contribution in [-0.4, -0.2) is 32.9 Å². The van der Waals surface area contributed by atoms with Crippen molar-refractivity contribution in [2.75, 3.05) is 0 Å². The summed E-state index contributed by atoms with van der Waals surface area (Å²) in [4.78, 5) is 20.4. The molecule has 3 N–H and O–H groups in total. The quantitative estimate of drug-likeness (QED) is 0.496. The van der Waals surface area contributed by atoms with Crippen molar-refractivity contribution in [1.29, 1.82) is 0 Å². The molecule has 1 aliphatic carbocycles. The number of hydrogen-bond acceptors (Lipinski definition) is 3. The molecule has 0 heterocycles. The van der Waals surface area contributed by atoms with Crippen LogP contribution in [0.3, 0.4) is 0 Å². The molecule has 0 unspecified atom stereocenters. The van der Waals surface area contributed by atoms with Gasteiger partial charge in [-0.05, 0) is 0 Å². The third kappa shape index (κ3) is 1.19. The van der Waals surface area contributed by atoms with Crippen LogP contribution in [0.2, 0.25) is 0 Å². The Morgan fingerprint density at radius 1 is 1.27 bits per heavy atom. The van der Waals surface area contributed by atoms with Gasteiger partial charge in [0, 0.05) is 12.8 Å². The molecule has 0 amide bonds. The van der Waals surface area contributed by atoms with Gasteiger partial charge in [-0.3, -0.25) is 4.79 Å². The third-order valence-electron chi connectivity index (χ3n) is 1.92. The van der Waals surface area contributed by atoms with E-state index in [9.17, 15) is 9.59 Å². The van der Waals surface area contributed by atoms with Crippen LogP contribution in [0.25, 0.3) is 0 Å². The maximum Gasteiger partial charge on any atom is 0.335 e. The summed E-state index contributed by atoms with van der Waals surface area (Å²) < 4.78 is 0. The summed E-state index contributed by atoms with van der Waals surface area (Å²) in [5, 5.41) is 25.7. The molecule has 5 heteroatoms. The lowest BCUT2D eigenvalue weighted by molar-refractivity contribution is -0.180. The molecular weight excluding hydrogens is 152 g/mol. The molecule has 0 bridgehead atoms. The molecule has 0 aliphatic heterocycles. The number of carboxylic acid groups (broad SMARTS) is 2. The second-order valence-electron chi connectivity index (χ2n) is 2.78. The topological polar surface area (TPSA) is 94.8 Å². The van der Waals surface area contributed by atoms with Crippen molar-refractivity contribution < 1.29 is 24.9 Å². The molecule has 1 rings (SSSR count). The smallest absolute Gasteiger partial charge is 0.335 e. The SMILES string of the molecule is O=C(O)C1CC(O)(C(=O)O)C1. The van der Waals surface area contributed by atoms with E-state index in [1.807, 2.05) is 0 Å². The highest BCUT2D eigenvalue weighted by Crippen LogP contribution is 2.37. The first-order chi connectivity index (χ1) is 4.96. The number of aliphatic hydroxyl groups is 1. The van der Waals surface area contributed by atoms with Crippen LogP contribution < -0.4 is 0 Å². The van der Waals surface area contributed by atoms with Gasteiger partial charge in [0.25, 0.3) is 0 Å². The van der Waals surface area contributed by atoms with E-state index in [4.69, 9.17) is 15.3 Å². The van der Waals surface area contributed by atoms with Crippen molar-refractivity contribution in [2.45, 2.75) is 18.4 Å². The fraction of sp³-hybridized carbons (Fsp3) is 0.667. The van der Waals surface area contributed by atoms with Crippen LogP contribution in [0.4, 0.5) is 0 Å². The highest BCUT2D eigenvalue weighted by Gasteiger charge is 2.51. The van der Waals surface area contributed by atoms with Gasteiger partial charge in [-0.25, -0.2) is 4.79 Å². The maximum atomic E-state index is 10.2. The van der Waals surface area contributed by atoms with E-state index in [-0.39, 0.29) is 12.8 Å². The molecule has 11 heavy (non-hydrogen) atoms. The molecule has 0 aromatic heterocycles. The van der Waals surface area contributed by atoms with Crippen LogP contribution in [0, 0.1) is 5.92 Å². The summed E-state index contributed by atoms with van der Waals surface area (Å²) in [5.74, 6) is -3.08. The molecular formula is C6H8O5. The first-order valence-corrected chi connectivity index (χ1v) is 3.14. The van der Waals surface area contributed by atoms with Gasteiger partial charge < -0.3 is 15.3 Å². The zero-order chi connectivity index (χ0) is 8.65. The number of carboxylic acids is 2. The van der Waals surface area contributed by atoms with Gasteiger partial charge in [0.1, 0.15) is 0 Å². The molecule has 0 aromatic rings. The van der Waals surface area contributed by atoms with E-state index >= 15 is 0 Å². The summed E-state index contributed by atoms with van der Waals surface area (Å²) in [7, 11) is 0. The van der Waals surface area contributed by atoms with E-state index in [0.717, 1.165) is 0 Å². The molecule has 1 saturated carbocycles. The van der Waals surface area contributed by atoms with Gasteiger partial charge in [-0.2, -0.15) is 0 Å². The first-order valence-electron chi connectivity index (χ1n) is 3.14. The monoisotopic (exact) mass is 160 g/mol. The third-order valence-corrected chi connectivity index (χ3v) is 1.92. The Labute approximate surface area is 62.3 Å². The first kappa shape index (κ1) is 8.00. The van der Waals surface area contributed by atoms with Gasteiger partial charge in [-0.1, -0.05) is 0 Å². The van der Waals surface area contributed by atoms with Gasteiger partial charge in [0.05, 0.1) is 5.92 Å². The summed E-state index contributed by atoms with van der Waals surface area (Å²) in [6.45, 7) is 0. The maximum absolute atomic E-state index is 10.2. The highest BCUT2D eigenvalue weighted by molar-refractivity contribution is 5.83. The van der Waals surface area contributed by atoms with Crippen LogP contribution in [0.5, 0.6) is 0 Å². The molecule has 0 radical (unpaired) electrons. The van der Waals surface area contributed by atoms with E-state index < -0.39 is 23.5 Å². The van der Waals surface area contributed by atoms with Crippen LogP contribution in [0.1, 0.15) is 12.8 Å². The van der Waals surface area contributed by atoms with Crippen molar-refractivity contribution >= 4 is 11.9 Å². The van der Waals surface area contributed by atoms with Crippen molar-refractivity contribution in [1.82, 2.24) is 0 Å². The second-order valence-corrected chi connectivity index (χ2v) is 2.78. The summed E-state index contributed by atoms with van der Waals surface area (Å²) in [6, 6.07) is 0. The van der Waals surface area contributed by atoms with Gasteiger partial charge in [-0.15, -0.1) is 0 Å². The largest absolute Gasteiger partial charge is 0.481 e.